The standard InChI is InChI=1S/C20H25N3O3S/c1-21(14-16-5-7-17(27-2)8-6-16)19(24)15-22-9-11-23(12-10-22)20(25)18-4-3-13-26-18/h3-8,13H,9-12,14-15H2,1-2H3. The number of amides is 2. The van der Waals surface area contributed by atoms with Crippen LogP contribution in [-0.2, 0) is 11.3 Å². The Hall–Kier alpha value is -2.25. The summed E-state index contributed by atoms with van der Waals surface area (Å²) >= 11 is 1.71. The molecule has 0 unspecified atom stereocenters. The SMILES string of the molecule is CSc1ccc(CN(C)C(=O)CN2CCN(C(=O)c3ccco3)CC2)cc1. The number of hydrogen-bond donors (Lipinski definition) is 0. The van der Waals surface area contributed by atoms with Gasteiger partial charge in [0.1, 0.15) is 0 Å². The third-order valence-corrected chi connectivity index (χ3v) is 5.50. The van der Waals surface area contributed by atoms with E-state index in [9.17, 15) is 9.59 Å². The maximum Gasteiger partial charge on any atom is 0.289 e. The van der Waals surface area contributed by atoms with Crippen molar-refractivity contribution in [3.63, 3.8) is 0 Å². The molecule has 1 aromatic heterocycles. The van der Waals surface area contributed by atoms with Crippen LogP contribution in [0.1, 0.15) is 16.1 Å². The van der Waals surface area contributed by atoms with E-state index in [1.165, 1.54) is 11.2 Å². The molecule has 0 N–H and O–H groups in total. The van der Waals surface area contributed by atoms with Crippen molar-refractivity contribution in [1.82, 2.24) is 14.7 Å². The van der Waals surface area contributed by atoms with Crippen LogP contribution in [-0.4, -0.2) is 72.5 Å². The molecule has 1 saturated heterocycles. The van der Waals surface area contributed by atoms with Crippen LogP contribution in [0.15, 0.2) is 52.0 Å². The number of likely N-dealkylation sites (N-methyl/N-ethyl adjacent to an activating group) is 1. The van der Waals surface area contributed by atoms with Crippen molar-refractivity contribution in [2.24, 2.45) is 0 Å². The summed E-state index contributed by atoms with van der Waals surface area (Å²) in [6.07, 6.45) is 3.55. The molecule has 2 heterocycles. The molecule has 1 fully saturated rings. The number of carbonyl (C=O) groups excluding carboxylic acids is 2. The van der Waals surface area contributed by atoms with Crippen LogP contribution in [0.5, 0.6) is 0 Å². The molecule has 7 heteroatoms. The van der Waals surface area contributed by atoms with Gasteiger partial charge in [0.05, 0.1) is 12.8 Å². The predicted molar refractivity (Wildman–Crippen MR) is 106 cm³/mol. The fourth-order valence-electron chi connectivity index (χ4n) is 3.07. The first-order chi connectivity index (χ1) is 13.1. The van der Waals surface area contributed by atoms with Gasteiger partial charge in [-0.1, -0.05) is 12.1 Å². The second-order valence-corrected chi connectivity index (χ2v) is 7.52. The topological polar surface area (TPSA) is 57.0 Å². The average molecular weight is 388 g/mol. The number of hydrogen-bond acceptors (Lipinski definition) is 5. The summed E-state index contributed by atoms with van der Waals surface area (Å²) < 4.78 is 5.18. The van der Waals surface area contributed by atoms with Crippen LogP contribution < -0.4 is 0 Å². The minimum atomic E-state index is -0.0863. The summed E-state index contributed by atoms with van der Waals surface area (Å²) in [6, 6.07) is 11.7. The van der Waals surface area contributed by atoms with E-state index in [0.29, 0.717) is 45.0 Å². The molecule has 27 heavy (non-hydrogen) atoms. The van der Waals surface area contributed by atoms with E-state index in [0.717, 1.165) is 5.56 Å². The zero-order valence-electron chi connectivity index (χ0n) is 15.8. The van der Waals surface area contributed by atoms with E-state index in [1.54, 1.807) is 33.7 Å². The van der Waals surface area contributed by atoms with Gasteiger partial charge >= 0.3 is 0 Å². The summed E-state index contributed by atoms with van der Waals surface area (Å²) in [7, 11) is 1.83. The zero-order chi connectivity index (χ0) is 19.2. The van der Waals surface area contributed by atoms with E-state index in [4.69, 9.17) is 4.42 Å². The lowest BCUT2D eigenvalue weighted by molar-refractivity contribution is -0.132. The van der Waals surface area contributed by atoms with Crippen LogP contribution in [0.3, 0.4) is 0 Å². The van der Waals surface area contributed by atoms with Crippen molar-refractivity contribution >= 4 is 23.6 Å². The molecule has 2 aromatic rings. The Morgan fingerprint density at radius 3 is 2.41 bits per heavy atom. The number of rotatable bonds is 6. The van der Waals surface area contributed by atoms with Crippen molar-refractivity contribution in [2.45, 2.75) is 11.4 Å². The highest BCUT2D eigenvalue weighted by Crippen LogP contribution is 2.16. The molecule has 0 radical (unpaired) electrons. The average Bonchev–Trinajstić information content (AvgIpc) is 3.23. The number of thioether (sulfide) groups is 1. The van der Waals surface area contributed by atoms with Gasteiger partial charge in [-0.2, -0.15) is 0 Å². The molecule has 0 aliphatic carbocycles. The minimum Gasteiger partial charge on any atom is -0.459 e. The molecule has 0 atom stereocenters. The van der Waals surface area contributed by atoms with Gasteiger partial charge in [-0.3, -0.25) is 14.5 Å². The first-order valence-electron chi connectivity index (χ1n) is 8.99. The largest absolute Gasteiger partial charge is 0.459 e. The highest BCUT2D eigenvalue weighted by molar-refractivity contribution is 7.98. The van der Waals surface area contributed by atoms with E-state index in [1.807, 2.05) is 13.3 Å². The Balaban J connectivity index is 1.45. The highest BCUT2D eigenvalue weighted by Gasteiger charge is 2.25. The Morgan fingerprint density at radius 1 is 1.11 bits per heavy atom. The summed E-state index contributed by atoms with van der Waals surface area (Å²) in [5.41, 5.74) is 1.12. The van der Waals surface area contributed by atoms with E-state index < -0.39 is 0 Å². The number of nitrogens with zero attached hydrogens (tertiary/aromatic N) is 3. The van der Waals surface area contributed by atoms with Crippen LogP contribution in [0.25, 0.3) is 0 Å². The van der Waals surface area contributed by atoms with E-state index in [2.05, 4.69) is 29.2 Å². The maximum absolute atomic E-state index is 12.5. The van der Waals surface area contributed by atoms with Gasteiger partial charge in [0.15, 0.2) is 5.76 Å². The number of benzene rings is 1. The summed E-state index contributed by atoms with van der Waals surface area (Å²) in [4.78, 5) is 31.7. The van der Waals surface area contributed by atoms with Crippen molar-refractivity contribution in [2.75, 3.05) is 46.0 Å². The Kier molecular flexibility index (Phi) is 6.58. The highest BCUT2D eigenvalue weighted by atomic mass is 32.2. The fraction of sp³-hybridized carbons (Fsp3) is 0.400. The molecule has 0 saturated carbocycles. The molecule has 1 aliphatic heterocycles. The van der Waals surface area contributed by atoms with Crippen molar-refractivity contribution in [3.8, 4) is 0 Å². The Morgan fingerprint density at radius 2 is 1.81 bits per heavy atom. The Bertz CT molecular complexity index is 753. The van der Waals surface area contributed by atoms with Crippen molar-refractivity contribution in [3.05, 3.63) is 54.0 Å². The van der Waals surface area contributed by atoms with Gasteiger partial charge < -0.3 is 14.2 Å². The molecule has 1 aromatic carbocycles. The predicted octanol–water partition coefficient (Wildman–Crippen LogP) is 2.42. The zero-order valence-corrected chi connectivity index (χ0v) is 16.6. The van der Waals surface area contributed by atoms with E-state index >= 15 is 0 Å². The fourth-order valence-corrected chi connectivity index (χ4v) is 3.48. The molecular formula is C20H25N3O3S. The van der Waals surface area contributed by atoms with Crippen LogP contribution >= 0.6 is 11.8 Å². The quantitative estimate of drug-likeness (QED) is 0.713. The van der Waals surface area contributed by atoms with Crippen LogP contribution in [0.4, 0.5) is 0 Å². The van der Waals surface area contributed by atoms with Gasteiger partial charge in [-0.15, -0.1) is 11.8 Å². The van der Waals surface area contributed by atoms with Crippen molar-refractivity contribution < 1.29 is 14.0 Å². The molecule has 0 bridgehead atoms. The van der Waals surface area contributed by atoms with Crippen LogP contribution in [0, 0.1) is 0 Å². The summed E-state index contributed by atoms with van der Waals surface area (Å²) in [6.45, 7) is 3.56. The second-order valence-electron chi connectivity index (χ2n) is 6.64. The summed E-state index contributed by atoms with van der Waals surface area (Å²) in [5.74, 6) is 0.373. The smallest absolute Gasteiger partial charge is 0.289 e. The second kappa shape index (κ2) is 9.10. The van der Waals surface area contributed by atoms with Gasteiger partial charge in [-0.25, -0.2) is 0 Å². The molecule has 6 nitrogen and oxygen atoms in total. The van der Waals surface area contributed by atoms with Gasteiger partial charge in [-0.05, 0) is 36.1 Å². The van der Waals surface area contributed by atoms with Gasteiger partial charge in [0.25, 0.3) is 5.91 Å². The normalized spacial score (nSPS) is 15.0. The third-order valence-electron chi connectivity index (χ3n) is 4.75. The molecule has 0 spiro atoms. The van der Waals surface area contributed by atoms with Gasteiger partial charge in [0, 0.05) is 44.7 Å². The molecular weight excluding hydrogens is 362 g/mol. The third kappa shape index (κ3) is 5.14. The Labute approximate surface area is 164 Å². The first kappa shape index (κ1) is 19.5. The lowest BCUT2D eigenvalue weighted by Gasteiger charge is -2.34. The number of carbonyl (C=O) groups is 2. The van der Waals surface area contributed by atoms with E-state index in [-0.39, 0.29) is 11.8 Å². The molecule has 2 amide bonds. The monoisotopic (exact) mass is 387 g/mol. The minimum absolute atomic E-state index is 0.0863. The van der Waals surface area contributed by atoms with Crippen molar-refractivity contribution in [1.29, 1.82) is 0 Å². The number of piperazine rings is 1. The molecule has 1 aliphatic rings. The van der Waals surface area contributed by atoms with Crippen LogP contribution in [0.2, 0.25) is 0 Å². The van der Waals surface area contributed by atoms with Gasteiger partial charge in [0.2, 0.25) is 5.91 Å². The first-order valence-corrected chi connectivity index (χ1v) is 10.2. The summed E-state index contributed by atoms with van der Waals surface area (Å²) in [5, 5.41) is 0. The lowest BCUT2D eigenvalue weighted by Crippen LogP contribution is -2.51. The molecule has 144 valence electrons. The number of furan rings is 1. The lowest BCUT2D eigenvalue weighted by atomic mass is 10.2. The maximum atomic E-state index is 12.5. The molecule has 3 rings (SSSR count).